The van der Waals surface area contributed by atoms with Crippen LogP contribution < -0.4 is 49.5 Å². The lowest BCUT2D eigenvalue weighted by Crippen LogP contribution is -2.59. The molecule has 0 saturated carbocycles. The van der Waals surface area contributed by atoms with Crippen LogP contribution in [0.4, 0.5) is 15.8 Å². The zero-order valence-corrected chi connectivity index (χ0v) is 35.0. The Morgan fingerprint density at radius 2 is 1.26 bits per heavy atom. The van der Waals surface area contributed by atoms with E-state index >= 15 is 0 Å². The van der Waals surface area contributed by atoms with Crippen molar-refractivity contribution < 1.29 is 33.2 Å². The number of nitrogens with two attached hydrogens (primary N) is 5. The first-order valence-electron chi connectivity index (χ1n) is 20.0. The first-order valence-corrected chi connectivity index (χ1v) is 20.0. The molecule has 5 amide bonds. The highest BCUT2D eigenvalue weighted by atomic mass is 19.1. The molecule has 0 aliphatic carbocycles. The van der Waals surface area contributed by atoms with E-state index in [1.54, 1.807) is 48.5 Å². The van der Waals surface area contributed by atoms with E-state index in [-0.39, 0.29) is 55.8 Å². The van der Waals surface area contributed by atoms with E-state index in [4.69, 9.17) is 28.7 Å². The predicted octanol–water partition coefficient (Wildman–Crippen LogP) is 1.96. The van der Waals surface area contributed by atoms with Crippen LogP contribution in [0.3, 0.4) is 0 Å². The van der Waals surface area contributed by atoms with Crippen molar-refractivity contribution in [1.82, 2.24) is 16.0 Å². The van der Waals surface area contributed by atoms with Gasteiger partial charge in [0.15, 0.2) is 17.7 Å². The third-order valence-corrected chi connectivity index (χ3v) is 9.45. The molecule has 17 nitrogen and oxygen atoms in total. The molecule has 18 heteroatoms. The molecule has 0 heterocycles. The molecule has 0 spiro atoms. The van der Waals surface area contributed by atoms with Crippen LogP contribution in [-0.2, 0) is 36.8 Å². The van der Waals surface area contributed by atoms with Gasteiger partial charge in [-0.1, -0.05) is 45.0 Å². The molecule has 13 N–H and O–H groups in total. The largest absolute Gasteiger partial charge is 0.370 e. The van der Waals surface area contributed by atoms with Crippen molar-refractivity contribution in [3.63, 3.8) is 0 Å². The topological polar surface area (TPSA) is 297 Å². The molecule has 0 bridgehead atoms. The van der Waals surface area contributed by atoms with Crippen LogP contribution >= 0.6 is 0 Å². The van der Waals surface area contributed by atoms with Gasteiger partial charge in [-0.25, -0.2) is 9.38 Å². The second kappa shape index (κ2) is 23.7. The molecular weight excluding hydrogens is 786 g/mol. The van der Waals surface area contributed by atoms with E-state index in [1.165, 1.54) is 36.1 Å². The quantitative estimate of drug-likeness (QED) is 0.0297. The average molecular weight is 844 g/mol. The molecule has 3 aromatic rings. The van der Waals surface area contributed by atoms with Crippen LogP contribution in [0.15, 0.2) is 82.8 Å². The number of anilines is 1. The highest BCUT2D eigenvalue weighted by Crippen LogP contribution is 2.23. The molecule has 328 valence electrons. The molecule has 0 unspecified atom stereocenters. The minimum Gasteiger partial charge on any atom is -0.370 e. The minimum absolute atomic E-state index is 0.0818. The van der Waals surface area contributed by atoms with E-state index in [0.717, 1.165) is 0 Å². The Balaban J connectivity index is 2.05. The fourth-order valence-electron chi connectivity index (χ4n) is 6.51. The number of carbonyl (C=O) groups is 6. The highest BCUT2D eigenvalue weighted by Gasteiger charge is 2.35. The van der Waals surface area contributed by atoms with Crippen LogP contribution in [0.5, 0.6) is 0 Å². The fraction of sp³-hybridized carbons (Fsp3) is 0.395. The number of amides is 5. The number of hydrogen-bond acceptors (Lipinski definition) is 8. The van der Waals surface area contributed by atoms with Gasteiger partial charge < -0.3 is 44.6 Å². The summed E-state index contributed by atoms with van der Waals surface area (Å²) in [5, 5.41) is 8.21. The third kappa shape index (κ3) is 16.0. The van der Waals surface area contributed by atoms with Gasteiger partial charge >= 0.3 is 0 Å². The molecule has 3 aromatic carbocycles. The zero-order valence-electron chi connectivity index (χ0n) is 35.0. The summed E-state index contributed by atoms with van der Waals surface area (Å²) >= 11 is 0. The van der Waals surface area contributed by atoms with E-state index < -0.39 is 59.5 Å². The van der Waals surface area contributed by atoms with E-state index in [9.17, 15) is 33.2 Å². The Morgan fingerprint density at radius 3 is 1.80 bits per heavy atom. The van der Waals surface area contributed by atoms with E-state index in [1.807, 2.05) is 20.8 Å². The number of carbonyl (C=O) groups excluding carboxylic acids is 6. The maximum absolute atomic E-state index is 14.6. The normalized spacial score (nSPS) is 12.8. The van der Waals surface area contributed by atoms with Crippen LogP contribution in [0, 0.1) is 11.7 Å². The second-order valence-electron chi connectivity index (χ2n) is 15.0. The minimum atomic E-state index is -1.34. The van der Waals surface area contributed by atoms with Crippen molar-refractivity contribution in [1.29, 1.82) is 0 Å². The number of ketones is 1. The van der Waals surface area contributed by atoms with Crippen molar-refractivity contribution in [2.45, 2.75) is 96.8 Å². The van der Waals surface area contributed by atoms with Crippen molar-refractivity contribution in [3.05, 3.63) is 95.3 Å². The van der Waals surface area contributed by atoms with Crippen LogP contribution in [0.25, 0.3) is 0 Å². The summed E-state index contributed by atoms with van der Waals surface area (Å²) in [6.07, 6.45) is 1.37. The van der Waals surface area contributed by atoms with Crippen molar-refractivity contribution in [3.8, 4) is 0 Å². The molecule has 3 rings (SSSR count). The van der Waals surface area contributed by atoms with Crippen molar-refractivity contribution in [2.75, 3.05) is 11.4 Å². The predicted molar refractivity (Wildman–Crippen MR) is 233 cm³/mol. The lowest BCUT2D eigenvalue weighted by atomic mass is 9.99. The molecule has 0 aromatic heterocycles. The average Bonchev–Trinajstić information content (AvgIpc) is 3.19. The van der Waals surface area contributed by atoms with Gasteiger partial charge in [0.25, 0.3) is 0 Å². The number of rotatable bonds is 23. The zero-order chi connectivity index (χ0) is 45.2. The third-order valence-electron chi connectivity index (χ3n) is 9.45. The summed E-state index contributed by atoms with van der Waals surface area (Å²) in [6, 6.07) is 13.3. The number of primary amides is 1. The molecule has 0 saturated heterocycles. The Bertz CT molecular complexity index is 2030. The van der Waals surface area contributed by atoms with Gasteiger partial charge in [0.1, 0.15) is 30.0 Å². The number of guanidine groups is 2. The van der Waals surface area contributed by atoms with Gasteiger partial charge in [-0.3, -0.25) is 38.7 Å². The van der Waals surface area contributed by atoms with Gasteiger partial charge in [0.05, 0.1) is 5.69 Å². The summed E-state index contributed by atoms with van der Waals surface area (Å²) < 4.78 is 14.0. The molecule has 0 aliphatic rings. The number of benzene rings is 3. The number of nitrogens with one attached hydrogen (secondary N) is 3. The first kappa shape index (κ1) is 48.5. The van der Waals surface area contributed by atoms with Crippen molar-refractivity contribution >= 4 is 58.6 Å². The Labute approximate surface area is 355 Å². The SMILES string of the molecule is CCCC(=O)c1ccc(N(C(C)=O)[C@@H](Cc2ccc(F)cc2)C(=O)N[C@@H](Cc2ccc(N=C(N)N)cc2)C(=O)N[C@@H](CC(C)C)C(=O)N[C@@H](CCCN=C(N)N)C(N)=O)cc1. The lowest BCUT2D eigenvalue weighted by Gasteiger charge is -2.32. The van der Waals surface area contributed by atoms with Gasteiger partial charge in [-0.05, 0) is 91.3 Å². The number of nitrogens with zero attached hydrogens (tertiary/aromatic N) is 3. The standard InChI is InChI=1S/C43H58FN11O6/c1-5-7-37(57)29-13-19-32(20-14-29)55(26(4)56)36(24-28-9-15-30(44)16-10-28)41(61)54-35(23-27-11-17-31(18-12-27)51-43(48)49)40(60)53-34(22-25(2)3)39(59)52-33(38(45)58)8-6-21-50-42(46)47/h9-20,25,33-36H,5-8,21-24H2,1-4H3,(H2,45,58)(H,52,59)(H,53,60)(H,54,61)(H4,46,47,50)(H4,48,49,51)/t33-,34-,35-,36-/m0/s1. The smallest absolute Gasteiger partial charge is 0.244 e. The van der Waals surface area contributed by atoms with Crippen LogP contribution in [-0.4, -0.2) is 78.0 Å². The molecule has 0 radical (unpaired) electrons. The van der Waals surface area contributed by atoms with Crippen LogP contribution in [0.1, 0.15) is 81.3 Å². The Kier molecular flexibility index (Phi) is 18.8. The molecule has 0 aliphatic heterocycles. The monoisotopic (exact) mass is 843 g/mol. The van der Waals surface area contributed by atoms with Crippen LogP contribution in [0.2, 0.25) is 0 Å². The summed E-state index contributed by atoms with van der Waals surface area (Å²) in [5.41, 5.74) is 29.7. The van der Waals surface area contributed by atoms with Crippen molar-refractivity contribution in [2.24, 2.45) is 44.6 Å². The van der Waals surface area contributed by atoms with Gasteiger partial charge in [-0.2, -0.15) is 0 Å². The Hall–Kier alpha value is -6.85. The fourth-order valence-corrected chi connectivity index (χ4v) is 6.51. The second-order valence-corrected chi connectivity index (χ2v) is 15.0. The van der Waals surface area contributed by atoms with E-state index in [2.05, 4.69) is 25.9 Å². The molecule has 61 heavy (non-hydrogen) atoms. The number of aliphatic imine (C=N–C) groups is 2. The number of hydrogen-bond donors (Lipinski definition) is 8. The summed E-state index contributed by atoms with van der Waals surface area (Å²) in [7, 11) is 0. The number of halogens is 1. The Morgan fingerprint density at radius 1 is 0.705 bits per heavy atom. The molecule has 4 atom stereocenters. The number of Topliss-reactive ketones (excluding diaryl/α,β-unsaturated/α-hetero) is 1. The van der Waals surface area contributed by atoms with E-state index in [0.29, 0.717) is 47.3 Å². The van der Waals surface area contributed by atoms with Gasteiger partial charge in [0, 0.05) is 44.0 Å². The molecular formula is C43H58FN11O6. The lowest BCUT2D eigenvalue weighted by molar-refractivity contribution is -0.134. The highest BCUT2D eigenvalue weighted by molar-refractivity contribution is 6.02. The maximum Gasteiger partial charge on any atom is 0.244 e. The maximum atomic E-state index is 14.6. The summed E-state index contributed by atoms with van der Waals surface area (Å²) in [5.74, 6) is -4.50. The van der Waals surface area contributed by atoms with Gasteiger partial charge in [-0.15, -0.1) is 0 Å². The van der Waals surface area contributed by atoms with Gasteiger partial charge in [0.2, 0.25) is 29.5 Å². The summed E-state index contributed by atoms with van der Waals surface area (Å²) in [6.45, 7) is 7.03. The first-order chi connectivity index (χ1) is 28.9. The molecule has 0 fully saturated rings. The summed E-state index contributed by atoms with van der Waals surface area (Å²) in [4.78, 5) is 90.4.